The van der Waals surface area contributed by atoms with Crippen molar-refractivity contribution < 1.29 is 9.53 Å². The molecule has 3 heterocycles. The van der Waals surface area contributed by atoms with Gasteiger partial charge in [0.2, 0.25) is 0 Å². The van der Waals surface area contributed by atoms with Gasteiger partial charge in [0, 0.05) is 43.2 Å². The van der Waals surface area contributed by atoms with E-state index in [2.05, 4.69) is 77.2 Å². The number of rotatable bonds is 13. The maximum Gasteiger partial charge on any atom is 0.326 e. The first kappa shape index (κ1) is 32.9. The molecule has 10 nitrogen and oxygen atoms in total. The summed E-state index contributed by atoms with van der Waals surface area (Å²) in [4.78, 5) is 39.8. The predicted octanol–water partition coefficient (Wildman–Crippen LogP) is 7.35. The first-order valence-electron chi connectivity index (χ1n) is 16.0. The number of hydrogen-bond donors (Lipinski definition) is 2. The summed E-state index contributed by atoms with van der Waals surface area (Å²) in [5, 5.41) is 8.08. The Morgan fingerprint density at radius 3 is 2.53 bits per heavy atom. The van der Waals surface area contributed by atoms with Crippen molar-refractivity contribution in [1.82, 2.24) is 24.7 Å². The van der Waals surface area contributed by atoms with Gasteiger partial charge in [0.15, 0.2) is 0 Å². The van der Waals surface area contributed by atoms with Gasteiger partial charge in [-0.15, -0.1) is 12.3 Å². The van der Waals surface area contributed by atoms with Crippen LogP contribution in [-0.2, 0) is 6.54 Å². The minimum atomic E-state index is -0.395. The number of nitrogens with zero attached hydrogens (tertiary/aromatic N) is 5. The van der Waals surface area contributed by atoms with Gasteiger partial charge in [0.1, 0.15) is 29.7 Å². The third kappa shape index (κ3) is 8.05. The first-order valence-corrected chi connectivity index (χ1v) is 16.0. The third-order valence-corrected chi connectivity index (χ3v) is 7.94. The van der Waals surface area contributed by atoms with E-state index in [-0.39, 0.29) is 24.1 Å². The topological polar surface area (TPSA) is 118 Å². The molecule has 0 saturated heterocycles. The van der Waals surface area contributed by atoms with Crippen LogP contribution in [-0.4, -0.2) is 43.9 Å². The van der Waals surface area contributed by atoms with Crippen molar-refractivity contribution in [2.24, 2.45) is 0 Å². The molecular formula is C37H41N7O3. The van der Waals surface area contributed by atoms with Gasteiger partial charge in [-0.2, -0.15) is 5.10 Å². The van der Waals surface area contributed by atoms with Gasteiger partial charge < -0.3 is 15.0 Å². The summed E-state index contributed by atoms with van der Waals surface area (Å²) in [6.45, 7) is 10.0. The van der Waals surface area contributed by atoms with E-state index in [4.69, 9.17) is 11.2 Å². The minimum absolute atomic E-state index is 0.101. The molecule has 3 aromatic heterocycles. The average Bonchev–Trinajstić information content (AvgIpc) is 3.58. The number of benzene rings is 2. The summed E-state index contributed by atoms with van der Waals surface area (Å²) in [6, 6.07) is 17.3. The van der Waals surface area contributed by atoms with Crippen LogP contribution in [0.3, 0.4) is 0 Å². The van der Waals surface area contributed by atoms with Crippen LogP contribution in [0.15, 0.2) is 78.2 Å². The van der Waals surface area contributed by atoms with E-state index >= 15 is 0 Å². The second kappa shape index (κ2) is 15.2. The molecular weight excluding hydrogens is 590 g/mol. The lowest BCUT2D eigenvalue weighted by atomic mass is 9.88. The lowest BCUT2D eigenvalue weighted by molar-refractivity contribution is 0.256. The molecule has 2 aromatic carbocycles. The number of aromatic nitrogens is 5. The molecule has 0 bridgehead atoms. The fraction of sp³-hybridized carbons (Fsp3) is 0.324. The zero-order chi connectivity index (χ0) is 33.3. The normalized spacial score (nSPS) is 11.2. The number of ether oxygens (including phenoxy) is 1. The lowest BCUT2D eigenvalue weighted by Crippen LogP contribution is -2.39. The zero-order valence-corrected chi connectivity index (χ0v) is 27.4. The Hall–Kier alpha value is -5.43. The summed E-state index contributed by atoms with van der Waals surface area (Å²) in [5.41, 5.74) is 5.12. The Morgan fingerprint density at radius 1 is 1.04 bits per heavy atom. The first-order chi connectivity index (χ1) is 22.7. The van der Waals surface area contributed by atoms with E-state index in [1.54, 1.807) is 29.3 Å². The van der Waals surface area contributed by atoms with Crippen molar-refractivity contribution in [3.63, 3.8) is 0 Å². The molecule has 0 radical (unpaired) electrons. The molecule has 0 saturated carbocycles. The number of aromatic amines is 1. The molecule has 5 aromatic rings. The Labute approximate surface area is 275 Å². The van der Waals surface area contributed by atoms with Crippen LogP contribution in [0.5, 0.6) is 5.75 Å². The van der Waals surface area contributed by atoms with Crippen LogP contribution >= 0.6 is 0 Å². The highest BCUT2D eigenvalue weighted by molar-refractivity contribution is 6.03. The summed E-state index contributed by atoms with van der Waals surface area (Å²) in [6.07, 6.45) is 12.2. The fourth-order valence-electron chi connectivity index (χ4n) is 5.51. The summed E-state index contributed by atoms with van der Waals surface area (Å²) in [7, 11) is 0. The molecule has 0 fully saturated rings. The van der Waals surface area contributed by atoms with Crippen molar-refractivity contribution in [2.45, 2.75) is 65.3 Å². The molecule has 2 amide bonds. The number of terminal acetylenes is 1. The van der Waals surface area contributed by atoms with Gasteiger partial charge in [0.05, 0.1) is 6.61 Å². The third-order valence-electron chi connectivity index (χ3n) is 7.94. The number of anilines is 2. The van der Waals surface area contributed by atoms with E-state index in [9.17, 15) is 9.59 Å². The number of aryl methyl sites for hydroxylation is 1. The quantitative estimate of drug-likeness (QED) is 0.104. The Kier molecular flexibility index (Phi) is 10.7. The molecule has 0 spiro atoms. The molecule has 10 heteroatoms. The number of urea groups is 1. The molecule has 0 atom stereocenters. The van der Waals surface area contributed by atoms with Gasteiger partial charge in [-0.25, -0.2) is 14.8 Å². The highest BCUT2D eigenvalue weighted by Gasteiger charge is 2.24. The van der Waals surface area contributed by atoms with Crippen molar-refractivity contribution in [1.29, 1.82) is 0 Å². The van der Waals surface area contributed by atoms with Crippen LogP contribution < -0.4 is 20.5 Å². The maximum atomic E-state index is 14.1. The molecule has 2 N–H and O–H groups in total. The second-order valence-electron chi connectivity index (χ2n) is 12.0. The van der Waals surface area contributed by atoms with Crippen molar-refractivity contribution in [3.8, 4) is 29.2 Å². The smallest absolute Gasteiger partial charge is 0.326 e. The Bertz CT molecular complexity index is 1890. The lowest BCUT2D eigenvalue weighted by Gasteiger charge is -2.27. The number of hydrogen-bond acceptors (Lipinski definition) is 6. The fourth-order valence-corrected chi connectivity index (χ4v) is 5.51. The zero-order valence-electron chi connectivity index (χ0n) is 27.4. The predicted molar refractivity (Wildman–Crippen MR) is 187 cm³/mol. The number of nitrogens with one attached hydrogen (secondary N) is 2. The van der Waals surface area contributed by atoms with E-state index in [1.807, 2.05) is 24.3 Å². The van der Waals surface area contributed by atoms with Crippen LogP contribution in [0.1, 0.15) is 69.9 Å². The van der Waals surface area contributed by atoms with Crippen molar-refractivity contribution in [2.75, 3.05) is 23.4 Å². The summed E-state index contributed by atoms with van der Waals surface area (Å²) >= 11 is 0. The van der Waals surface area contributed by atoms with Gasteiger partial charge in [-0.1, -0.05) is 39.8 Å². The molecule has 0 aliphatic rings. The Morgan fingerprint density at radius 2 is 1.83 bits per heavy atom. The molecule has 0 aliphatic heterocycles. The van der Waals surface area contributed by atoms with E-state index in [0.29, 0.717) is 25.1 Å². The Balaban J connectivity index is 1.45. The maximum absolute atomic E-state index is 14.1. The number of fused-ring (bicyclic) bond motifs is 1. The number of carbonyl (C=O) groups excluding carboxylic acids is 1. The number of carbonyl (C=O) groups is 1. The highest BCUT2D eigenvalue weighted by Crippen LogP contribution is 2.38. The van der Waals surface area contributed by atoms with E-state index < -0.39 is 11.6 Å². The molecule has 0 aliphatic carbocycles. The number of H-pyrrole nitrogens is 1. The minimum Gasteiger partial charge on any atom is -0.494 e. The van der Waals surface area contributed by atoms with Crippen molar-refractivity contribution in [3.05, 3.63) is 94.9 Å². The van der Waals surface area contributed by atoms with Gasteiger partial charge in [-0.3, -0.25) is 14.4 Å². The van der Waals surface area contributed by atoms with Crippen LogP contribution in [0.4, 0.5) is 16.2 Å². The van der Waals surface area contributed by atoms with E-state index in [1.165, 1.54) is 11.2 Å². The number of pyridine rings is 2. The monoisotopic (exact) mass is 631 g/mol. The summed E-state index contributed by atoms with van der Waals surface area (Å²) < 4.78 is 7.86. The van der Waals surface area contributed by atoms with Crippen LogP contribution in [0.25, 0.3) is 22.2 Å². The second-order valence-corrected chi connectivity index (χ2v) is 12.0. The SMILES string of the molecule is C#CCCCN(C(=O)Nc1c(C(C)C)cc(-c2cccc(OCCCn3cncn3)c2)cc1C(C)C)c1cc2cccnc2[nH]c1=O. The molecule has 0 unspecified atom stereocenters. The van der Waals surface area contributed by atoms with Crippen LogP contribution in [0, 0.1) is 12.3 Å². The van der Waals surface area contributed by atoms with Crippen LogP contribution in [0.2, 0.25) is 0 Å². The van der Waals surface area contributed by atoms with Gasteiger partial charge in [0.25, 0.3) is 5.56 Å². The average molecular weight is 632 g/mol. The molecule has 47 heavy (non-hydrogen) atoms. The molecule has 5 rings (SSSR count). The molecule has 242 valence electrons. The van der Waals surface area contributed by atoms with Gasteiger partial charge >= 0.3 is 6.03 Å². The van der Waals surface area contributed by atoms with Gasteiger partial charge in [-0.05, 0) is 83.0 Å². The number of unbranched alkanes of at least 4 members (excludes halogenated alkanes) is 1. The largest absolute Gasteiger partial charge is 0.494 e. The van der Waals surface area contributed by atoms with Crippen molar-refractivity contribution >= 4 is 28.4 Å². The summed E-state index contributed by atoms with van der Waals surface area (Å²) in [5.74, 6) is 3.62. The highest BCUT2D eigenvalue weighted by atomic mass is 16.5. The number of amides is 2. The standard InChI is InChI=1S/C37H41N7O3/c1-6-7-8-17-44(33-22-28-13-10-15-39-35(28)42-36(33)45)37(46)41-34-31(25(2)3)20-29(21-32(34)26(4)5)27-12-9-14-30(19-27)47-18-11-16-43-24-38-23-40-43/h1,9-10,12-15,19-26H,7-8,11,16-18H2,2-5H3,(H,41,46)(H,39,42,45). The van der Waals surface area contributed by atoms with E-state index in [0.717, 1.165) is 52.0 Å².